The summed E-state index contributed by atoms with van der Waals surface area (Å²) >= 11 is 6.49. The zero-order chi connectivity index (χ0) is 14.9. The first-order valence-corrected chi connectivity index (χ1v) is 8.31. The molecule has 21 heavy (non-hydrogen) atoms. The summed E-state index contributed by atoms with van der Waals surface area (Å²) in [7, 11) is 1.67. The van der Waals surface area contributed by atoms with Crippen molar-refractivity contribution in [3.8, 4) is 11.5 Å². The summed E-state index contributed by atoms with van der Waals surface area (Å²) in [6.07, 6.45) is 8.45. The Morgan fingerprint density at radius 2 is 1.95 bits per heavy atom. The first-order valence-electron chi connectivity index (χ1n) is 7.93. The molecule has 0 amide bonds. The van der Waals surface area contributed by atoms with Gasteiger partial charge in [0.2, 0.25) is 0 Å². The van der Waals surface area contributed by atoms with E-state index < -0.39 is 0 Å². The molecular formula is C17H24ClNO2. The lowest BCUT2D eigenvalue weighted by molar-refractivity contribution is 0.200. The molecule has 1 aromatic carbocycles. The predicted octanol–water partition coefficient (Wildman–Crippen LogP) is 4.05. The second kappa shape index (κ2) is 6.05. The Balaban J connectivity index is 1.90. The fraction of sp³-hybridized carbons (Fsp3) is 0.647. The molecule has 1 aromatic rings. The Hall–Kier alpha value is -0.930. The molecule has 0 spiro atoms. The maximum atomic E-state index is 6.49. The standard InChI is InChI=1S/C17H24ClNO2/c1-20-15-10-12(17(11-19)7-4-8-17)9-14(18)16(15)21-13-5-2-3-6-13/h9-10,13H,2-8,11,19H2,1H3. The van der Waals surface area contributed by atoms with E-state index in [4.69, 9.17) is 26.8 Å². The van der Waals surface area contributed by atoms with E-state index >= 15 is 0 Å². The molecule has 0 aromatic heterocycles. The van der Waals surface area contributed by atoms with Gasteiger partial charge in [-0.3, -0.25) is 0 Å². The molecule has 2 fully saturated rings. The number of methoxy groups -OCH3 is 1. The lowest BCUT2D eigenvalue weighted by Gasteiger charge is -2.41. The van der Waals surface area contributed by atoms with Crippen LogP contribution in [0.15, 0.2) is 12.1 Å². The van der Waals surface area contributed by atoms with Gasteiger partial charge in [-0.1, -0.05) is 18.0 Å². The molecule has 2 saturated carbocycles. The molecule has 0 atom stereocenters. The van der Waals surface area contributed by atoms with Gasteiger partial charge < -0.3 is 15.2 Å². The number of nitrogens with two attached hydrogens (primary N) is 1. The molecule has 0 heterocycles. The van der Waals surface area contributed by atoms with Crippen LogP contribution in [-0.4, -0.2) is 19.8 Å². The summed E-state index contributed by atoms with van der Waals surface area (Å²) in [5.74, 6) is 1.44. The highest BCUT2D eigenvalue weighted by Gasteiger charge is 2.38. The van der Waals surface area contributed by atoms with Crippen LogP contribution >= 0.6 is 11.6 Å². The number of benzene rings is 1. The van der Waals surface area contributed by atoms with Crippen molar-refractivity contribution < 1.29 is 9.47 Å². The average molecular weight is 310 g/mol. The zero-order valence-corrected chi connectivity index (χ0v) is 13.4. The molecule has 3 nitrogen and oxygen atoms in total. The van der Waals surface area contributed by atoms with Crippen molar-refractivity contribution in [2.75, 3.05) is 13.7 Å². The topological polar surface area (TPSA) is 44.5 Å². The molecule has 0 aliphatic heterocycles. The molecule has 0 unspecified atom stereocenters. The Morgan fingerprint density at radius 3 is 2.48 bits per heavy atom. The van der Waals surface area contributed by atoms with Gasteiger partial charge in [-0.05, 0) is 56.2 Å². The number of ether oxygens (including phenoxy) is 2. The summed E-state index contributed by atoms with van der Waals surface area (Å²) in [6.45, 7) is 0.662. The van der Waals surface area contributed by atoms with Crippen molar-refractivity contribution in [3.63, 3.8) is 0 Å². The predicted molar refractivity (Wildman–Crippen MR) is 85.5 cm³/mol. The normalized spacial score (nSPS) is 21.1. The van der Waals surface area contributed by atoms with Crippen LogP contribution in [-0.2, 0) is 5.41 Å². The second-order valence-electron chi connectivity index (χ2n) is 6.35. The molecule has 0 bridgehead atoms. The highest BCUT2D eigenvalue weighted by molar-refractivity contribution is 6.32. The summed E-state index contributed by atoms with van der Waals surface area (Å²) in [5, 5.41) is 0.649. The third kappa shape index (κ3) is 2.74. The van der Waals surface area contributed by atoms with Crippen LogP contribution in [0.25, 0.3) is 0 Å². The van der Waals surface area contributed by atoms with E-state index in [1.54, 1.807) is 7.11 Å². The summed E-state index contributed by atoms with van der Waals surface area (Å²) in [4.78, 5) is 0. The highest BCUT2D eigenvalue weighted by atomic mass is 35.5. The van der Waals surface area contributed by atoms with Gasteiger partial charge >= 0.3 is 0 Å². The van der Waals surface area contributed by atoms with Gasteiger partial charge in [-0.25, -0.2) is 0 Å². The van der Waals surface area contributed by atoms with Gasteiger partial charge in [0.1, 0.15) is 0 Å². The van der Waals surface area contributed by atoms with Crippen molar-refractivity contribution in [1.29, 1.82) is 0 Å². The third-order valence-corrected chi connectivity index (χ3v) is 5.41. The van der Waals surface area contributed by atoms with Gasteiger partial charge in [0, 0.05) is 12.0 Å². The van der Waals surface area contributed by atoms with Gasteiger partial charge in [0.25, 0.3) is 0 Å². The van der Waals surface area contributed by atoms with E-state index in [2.05, 4.69) is 6.07 Å². The van der Waals surface area contributed by atoms with Crippen LogP contribution in [0.5, 0.6) is 11.5 Å². The minimum Gasteiger partial charge on any atom is -0.493 e. The molecular weight excluding hydrogens is 286 g/mol. The van der Waals surface area contributed by atoms with E-state index in [0.717, 1.165) is 31.4 Å². The van der Waals surface area contributed by atoms with Crippen LogP contribution < -0.4 is 15.2 Å². The fourth-order valence-corrected chi connectivity index (χ4v) is 3.78. The Morgan fingerprint density at radius 1 is 1.24 bits per heavy atom. The summed E-state index contributed by atoms with van der Waals surface area (Å²) < 4.78 is 11.6. The molecule has 0 radical (unpaired) electrons. The lowest BCUT2D eigenvalue weighted by Crippen LogP contribution is -2.41. The zero-order valence-electron chi connectivity index (χ0n) is 12.7. The Labute approximate surface area is 131 Å². The van der Waals surface area contributed by atoms with Crippen LogP contribution in [0.2, 0.25) is 5.02 Å². The number of hydrogen-bond acceptors (Lipinski definition) is 3. The monoisotopic (exact) mass is 309 g/mol. The van der Waals surface area contributed by atoms with Crippen molar-refractivity contribution >= 4 is 11.6 Å². The fourth-order valence-electron chi connectivity index (χ4n) is 3.53. The molecule has 3 rings (SSSR count). The SMILES string of the molecule is COc1cc(C2(CN)CCC2)cc(Cl)c1OC1CCCC1. The van der Waals surface area contributed by atoms with Crippen LogP contribution in [0.1, 0.15) is 50.5 Å². The summed E-state index contributed by atoms with van der Waals surface area (Å²) in [6, 6.07) is 4.10. The maximum Gasteiger partial charge on any atom is 0.180 e. The minimum atomic E-state index is 0.0861. The first kappa shape index (κ1) is 15.0. The van der Waals surface area contributed by atoms with Gasteiger partial charge in [0.05, 0.1) is 18.2 Å². The number of hydrogen-bond donors (Lipinski definition) is 1. The molecule has 2 aliphatic carbocycles. The Kier molecular flexibility index (Phi) is 4.32. The van der Waals surface area contributed by atoms with Gasteiger partial charge in [-0.2, -0.15) is 0 Å². The van der Waals surface area contributed by atoms with Gasteiger partial charge in [0.15, 0.2) is 11.5 Å². The molecule has 4 heteroatoms. The van der Waals surface area contributed by atoms with E-state index in [1.165, 1.54) is 24.8 Å². The second-order valence-corrected chi connectivity index (χ2v) is 6.76. The quantitative estimate of drug-likeness (QED) is 0.892. The van der Waals surface area contributed by atoms with Gasteiger partial charge in [-0.15, -0.1) is 0 Å². The van der Waals surface area contributed by atoms with E-state index in [1.807, 2.05) is 6.07 Å². The minimum absolute atomic E-state index is 0.0861. The number of halogens is 1. The third-order valence-electron chi connectivity index (χ3n) is 5.13. The van der Waals surface area contributed by atoms with Crippen LogP contribution in [0.4, 0.5) is 0 Å². The molecule has 0 saturated heterocycles. The van der Waals surface area contributed by atoms with E-state index in [9.17, 15) is 0 Å². The van der Waals surface area contributed by atoms with Crippen LogP contribution in [0, 0.1) is 0 Å². The smallest absolute Gasteiger partial charge is 0.180 e. The van der Waals surface area contributed by atoms with Crippen LogP contribution in [0.3, 0.4) is 0 Å². The van der Waals surface area contributed by atoms with E-state index in [-0.39, 0.29) is 11.5 Å². The lowest BCUT2D eigenvalue weighted by atomic mass is 9.64. The van der Waals surface area contributed by atoms with E-state index in [0.29, 0.717) is 17.3 Å². The molecule has 2 N–H and O–H groups in total. The van der Waals surface area contributed by atoms with Crippen molar-refractivity contribution in [2.24, 2.45) is 5.73 Å². The summed E-state index contributed by atoms with van der Waals surface area (Å²) in [5.41, 5.74) is 7.28. The van der Waals surface area contributed by atoms with Crippen molar-refractivity contribution in [3.05, 3.63) is 22.7 Å². The average Bonchev–Trinajstić information content (AvgIpc) is 2.93. The van der Waals surface area contributed by atoms with Crippen molar-refractivity contribution in [2.45, 2.75) is 56.5 Å². The van der Waals surface area contributed by atoms with Crippen molar-refractivity contribution in [1.82, 2.24) is 0 Å². The maximum absolute atomic E-state index is 6.49. The Bertz CT molecular complexity index is 502. The molecule has 2 aliphatic rings. The largest absolute Gasteiger partial charge is 0.493 e. The highest BCUT2D eigenvalue weighted by Crippen LogP contribution is 2.47. The molecule has 116 valence electrons. The first-order chi connectivity index (χ1) is 10.2. The number of rotatable bonds is 5.